The van der Waals surface area contributed by atoms with Crippen LogP contribution in [0.5, 0.6) is 0 Å². The first-order chi connectivity index (χ1) is 14.3. The molecule has 0 saturated heterocycles. The van der Waals surface area contributed by atoms with Gasteiger partial charge in [0.05, 0.1) is 5.03 Å². The molecule has 0 aliphatic carbocycles. The number of aromatic nitrogens is 1. The van der Waals surface area contributed by atoms with E-state index in [-0.39, 0.29) is 24.0 Å². The van der Waals surface area contributed by atoms with E-state index in [2.05, 4.69) is 78.3 Å². The fourth-order valence-electron chi connectivity index (χ4n) is 3.70. The van der Waals surface area contributed by atoms with E-state index in [9.17, 15) is 0 Å². The van der Waals surface area contributed by atoms with E-state index < -0.39 is 0 Å². The Balaban J connectivity index is 0.00000450. The summed E-state index contributed by atoms with van der Waals surface area (Å²) in [5.41, 5.74) is 2.67. The minimum Gasteiger partial charge on any atom is -1.00 e. The maximum absolute atomic E-state index is 2.48. The summed E-state index contributed by atoms with van der Waals surface area (Å²) in [6.07, 6.45) is 22.3. The molecule has 0 unspecified atom stereocenters. The van der Waals surface area contributed by atoms with Crippen LogP contribution in [0.4, 0.5) is 0 Å². The molecule has 1 aliphatic rings. The summed E-state index contributed by atoms with van der Waals surface area (Å²) < 4.78 is 2.39. The predicted octanol–water partition coefficient (Wildman–Crippen LogP) is 4.68. The van der Waals surface area contributed by atoms with Crippen molar-refractivity contribution in [3.05, 3.63) is 58.4 Å². The van der Waals surface area contributed by atoms with E-state index in [0.717, 1.165) is 13.1 Å². The highest BCUT2D eigenvalue weighted by molar-refractivity contribution is 8.06. The van der Waals surface area contributed by atoms with Gasteiger partial charge in [-0.05, 0) is 37.3 Å². The lowest BCUT2D eigenvalue weighted by atomic mass is 10.1. The third-order valence-electron chi connectivity index (χ3n) is 5.51. The van der Waals surface area contributed by atoms with Crippen molar-refractivity contribution in [1.82, 2.24) is 4.90 Å². The molecular weight excluding hydrogens is 499 g/mol. The largest absolute Gasteiger partial charge is 1.00 e. The Morgan fingerprint density at radius 2 is 1.63 bits per heavy atom. The number of rotatable bonds is 14. The molecule has 168 valence electrons. The molecule has 2 rings (SSSR count). The number of thioether (sulfide) groups is 1. The van der Waals surface area contributed by atoms with Crippen molar-refractivity contribution in [2.45, 2.75) is 91.5 Å². The van der Waals surface area contributed by atoms with Crippen molar-refractivity contribution >= 4 is 17.8 Å². The summed E-state index contributed by atoms with van der Waals surface area (Å²) in [6.45, 7) is 9.03. The van der Waals surface area contributed by atoms with Crippen molar-refractivity contribution in [2.24, 2.45) is 0 Å². The number of halogens is 1. The van der Waals surface area contributed by atoms with E-state index in [4.69, 9.17) is 0 Å². The average Bonchev–Trinajstić information content (AvgIpc) is 3.08. The Kier molecular flexibility index (Phi) is 15.4. The summed E-state index contributed by atoms with van der Waals surface area (Å²) in [6, 6.07) is 6.50. The van der Waals surface area contributed by atoms with Gasteiger partial charge in [0, 0.05) is 36.9 Å². The van der Waals surface area contributed by atoms with Gasteiger partial charge in [0.2, 0.25) is 5.69 Å². The van der Waals surface area contributed by atoms with Gasteiger partial charge >= 0.3 is 0 Å². The normalized spacial score (nSPS) is 15.1. The van der Waals surface area contributed by atoms with Crippen molar-refractivity contribution in [3.63, 3.8) is 0 Å². The average molecular weight is 541 g/mol. The summed E-state index contributed by atoms with van der Waals surface area (Å²) in [5.74, 6) is 0. The molecule has 0 aromatic carbocycles. The number of hydrogen-bond acceptors (Lipinski definition) is 2. The highest BCUT2D eigenvalue weighted by Crippen LogP contribution is 2.34. The van der Waals surface area contributed by atoms with Crippen LogP contribution in [0.15, 0.2) is 52.7 Å². The molecule has 0 atom stereocenters. The Morgan fingerprint density at radius 1 is 0.933 bits per heavy atom. The highest BCUT2D eigenvalue weighted by Gasteiger charge is 2.16. The summed E-state index contributed by atoms with van der Waals surface area (Å²) in [4.78, 5) is 2.48. The van der Waals surface area contributed by atoms with E-state index in [1.807, 2.05) is 11.8 Å². The van der Waals surface area contributed by atoms with Crippen molar-refractivity contribution in [2.75, 3.05) is 6.54 Å². The highest BCUT2D eigenvalue weighted by atomic mass is 127. The molecule has 0 fully saturated rings. The van der Waals surface area contributed by atoms with E-state index in [1.54, 1.807) is 0 Å². The van der Waals surface area contributed by atoms with Crippen molar-refractivity contribution in [3.8, 4) is 0 Å². The molecule has 0 radical (unpaired) electrons. The second kappa shape index (κ2) is 16.9. The van der Waals surface area contributed by atoms with Gasteiger partial charge in [-0.15, -0.1) is 0 Å². The van der Waals surface area contributed by atoms with E-state index in [0.29, 0.717) is 0 Å². The minimum atomic E-state index is 0. The smallest absolute Gasteiger partial charge is 0.205 e. The Bertz CT molecular complexity index is 681. The number of unbranched alkanes of at least 4 members (excludes halogenated alkanes) is 8. The van der Waals surface area contributed by atoms with Crippen molar-refractivity contribution in [1.29, 1.82) is 0 Å². The molecule has 2 nitrogen and oxygen atoms in total. The van der Waals surface area contributed by atoms with Gasteiger partial charge in [-0.2, -0.15) is 4.57 Å². The summed E-state index contributed by atoms with van der Waals surface area (Å²) >= 11 is 1.85. The molecular formula is C26H41IN2S. The maximum atomic E-state index is 2.48. The third kappa shape index (κ3) is 10.0. The number of nitrogens with zero attached hydrogens (tertiary/aromatic N) is 2. The van der Waals surface area contributed by atoms with Crippen molar-refractivity contribution < 1.29 is 28.5 Å². The first-order valence-electron chi connectivity index (χ1n) is 11.7. The lowest BCUT2D eigenvalue weighted by molar-refractivity contribution is -0.699. The van der Waals surface area contributed by atoms with Crippen LogP contribution in [-0.2, 0) is 6.54 Å². The zero-order valence-corrected chi connectivity index (χ0v) is 22.3. The third-order valence-corrected chi connectivity index (χ3v) is 6.57. The number of allylic oxidation sites excluding steroid dienone is 3. The zero-order chi connectivity index (χ0) is 20.7. The SMILES string of the molecule is CCCCCCCN1C(C)=CSC1=CC=Cc1cccc[n+]1CCCCCCC.[I-]. The van der Waals surface area contributed by atoms with Gasteiger partial charge in [0.25, 0.3) is 0 Å². The van der Waals surface area contributed by atoms with Crippen LogP contribution in [0, 0.1) is 0 Å². The fourth-order valence-corrected chi connectivity index (χ4v) is 4.63. The fraction of sp³-hybridized carbons (Fsp3) is 0.577. The van der Waals surface area contributed by atoms with Gasteiger partial charge in [-0.1, -0.05) is 76.6 Å². The van der Waals surface area contributed by atoms with E-state index in [1.165, 1.54) is 80.6 Å². The monoisotopic (exact) mass is 540 g/mol. The molecule has 4 heteroatoms. The van der Waals surface area contributed by atoms with Gasteiger partial charge in [0.15, 0.2) is 6.20 Å². The van der Waals surface area contributed by atoms with Crippen LogP contribution in [0.1, 0.15) is 90.7 Å². The lowest BCUT2D eigenvalue weighted by Crippen LogP contribution is -3.00. The van der Waals surface area contributed by atoms with Crippen LogP contribution >= 0.6 is 11.8 Å². The summed E-state index contributed by atoms with van der Waals surface area (Å²) in [5, 5.41) is 3.64. The molecule has 30 heavy (non-hydrogen) atoms. The number of pyridine rings is 1. The predicted molar refractivity (Wildman–Crippen MR) is 129 cm³/mol. The second-order valence-corrected chi connectivity index (χ2v) is 8.93. The first kappa shape index (κ1) is 27.3. The topological polar surface area (TPSA) is 7.12 Å². The van der Waals surface area contributed by atoms with Crippen LogP contribution in [0.25, 0.3) is 6.08 Å². The Hall–Kier alpha value is -0.750. The quantitative estimate of drug-likeness (QED) is 0.192. The lowest BCUT2D eigenvalue weighted by Gasteiger charge is -2.21. The van der Waals surface area contributed by atoms with Gasteiger partial charge in [-0.25, -0.2) is 0 Å². The standard InChI is InChI=1S/C26H41N2S.HI/c1-4-6-8-10-13-20-27-21-15-12-17-25(27)18-16-19-26-28(24(3)23-29-26)22-14-11-9-7-5-2;/h12,15-19,21,23H,4-11,13-14,20,22H2,1-3H3;1H/q+1;/p-1. The van der Waals surface area contributed by atoms with Gasteiger partial charge < -0.3 is 28.9 Å². The van der Waals surface area contributed by atoms with E-state index >= 15 is 0 Å². The molecule has 1 aromatic rings. The minimum absolute atomic E-state index is 0. The Labute approximate surface area is 206 Å². The van der Waals surface area contributed by atoms with Gasteiger partial charge in [0.1, 0.15) is 6.54 Å². The zero-order valence-electron chi connectivity index (χ0n) is 19.3. The van der Waals surface area contributed by atoms with Crippen LogP contribution in [0.2, 0.25) is 0 Å². The molecule has 1 aromatic heterocycles. The molecule has 0 bridgehead atoms. The molecule has 0 saturated carbocycles. The first-order valence-corrected chi connectivity index (χ1v) is 12.6. The van der Waals surface area contributed by atoms with Crippen LogP contribution in [0.3, 0.4) is 0 Å². The van der Waals surface area contributed by atoms with Crippen LogP contribution < -0.4 is 28.5 Å². The molecule has 0 N–H and O–H groups in total. The molecule has 0 amide bonds. The second-order valence-electron chi connectivity index (χ2n) is 8.04. The maximum Gasteiger partial charge on any atom is 0.205 e. The van der Waals surface area contributed by atoms with Gasteiger partial charge in [-0.3, -0.25) is 0 Å². The Morgan fingerprint density at radius 3 is 2.37 bits per heavy atom. The van der Waals surface area contributed by atoms with Crippen LogP contribution in [-0.4, -0.2) is 11.4 Å². The molecule has 1 aliphatic heterocycles. The molecule has 0 spiro atoms. The molecule has 2 heterocycles. The summed E-state index contributed by atoms with van der Waals surface area (Å²) in [7, 11) is 0. The number of aryl methyl sites for hydroxylation is 1. The number of hydrogen-bond donors (Lipinski definition) is 0.